The minimum Gasteiger partial charge on any atom is -0.288 e. The Bertz CT molecular complexity index is 483. The van der Waals surface area contributed by atoms with Gasteiger partial charge in [-0.1, -0.05) is 29.7 Å². The van der Waals surface area contributed by atoms with Crippen LogP contribution in [0.2, 0.25) is 0 Å². The van der Waals surface area contributed by atoms with E-state index in [9.17, 15) is 18.0 Å². The summed E-state index contributed by atoms with van der Waals surface area (Å²) in [6.07, 6.45) is -3.87. The van der Waals surface area contributed by atoms with Crippen molar-refractivity contribution in [3.05, 3.63) is 35.4 Å². The standard InChI is InChI=1S/C13H11F3OS/c1-10(17)18-8-3-2-5-11-6-4-7-12(9-11)13(14,15)16/h4,6-7,9H,3,8H2,1H3. The van der Waals surface area contributed by atoms with Crippen molar-refractivity contribution in [2.24, 2.45) is 0 Å². The average Bonchev–Trinajstić information content (AvgIpc) is 2.27. The van der Waals surface area contributed by atoms with Crippen molar-refractivity contribution >= 4 is 16.9 Å². The molecule has 0 amide bonds. The summed E-state index contributed by atoms with van der Waals surface area (Å²) in [6.45, 7) is 1.46. The van der Waals surface area contributed by atoms with E-state index in [1.807, 2.05) is 0 Å². The summed E-state index contributed by atoms with van der Waals surface area (Å²) in [6, 6.07) is 4.89. The number of halogens is 3. The van der Waals surface area contributed by atoms with Crippen LogP contribution >= 0.6 is 11.8 Å². The topological polar surface area (TPSA) is 17.1 Å². The zero-order valence-corrected chi connectivity index (χ0v) is 10.5. The molecule has 0 atom stereocenters. The molecule has 0 N–H and O–H groups in total. The molecule has 1 nitrogen and oxygen atoms in total. The maximum Gasteiger partial charge on any atom is 0.416 e. The molecule has 0 aromatic heterocycles. The molecule has 0 aliphatic heterocycles. The average molecular weight is 272 g/mol. The van der Waals surface area contributed by atoms with E-state index in [0.717, 1.165) is 23.9 Å². The Morgan fingerprint density at radius 3 is 2.72 bits per heavy atom. The van der Waals surface area contributed by atoms with Crippen LogP contribution in [0.5, 0.6) is 0 Å². The summed E-state index contributed by atoms with van der Waals surface area (Å²) in [5, 5.41) is 0.0101. The third-order valence-electron chi connectivity index (χ3n) is 1.96. The fourth-order valence-corrected chi connectivity index (χ4v) is 1.68. The summed E-state index contributed by atoms with van der Waals surface area (Å²) < 4.78 is 37.2. The molecule has 0 saturated carbocycles. The van der Waals surface area contributed by atoms with E-state index in [4.69, 9.17) is 0 Å². The Hall–Kier alpha value is -1.41. The highest BCUT2D eigenvalue weighted by Crippen LogP contribution is 2.29. The van der Waals surface area contributed by atoms with E-state index in [2.05, 4.69) is 11.8 Å². The largest absolute Gasteiger partial charge is 0.416 e. The van der Waals surface area contributed by atoms with Gasteiger partial charge in [-0.3, -0.25) is 4.79 Å². The molecule has 18 heavy (non-hydrogen) atoms. The molecule has 1 aromatic rings. The number of carbonyl (C=O) groups is 1. The monoisotopic (exact) mass is 272 g/mol. The van der Waals surface area contributed by atoms with Crippen LogP contribution in [0.3, 0.4) is 0 Å². The van der Waals surface area contributed by atoms with Crippen LogP contribution in [0, 0.1) is 11.8 Å². The van der Waals surface area contributed by atoms with Gasteiger partial charge in [0.15, 0.2) is 5.12 Å². The quantitative estimate of drug-likeness (QED) is 0.603. The highest BCUT2D eigenvalue weighted by atomic mass is 32.2. The Balaban J connectivity index is 2.63. The normalized spacial score (nSPS) is 10.7. The van der Waals surface area contributed by atoms with Crippen molar-refractivity contribution < 1.29 is 18.0 Å². The van der Waals surface area contributed by atoms with E-state index in [0.29, 0.717) is 17.7 Å². The lowest BCUT2D eigenvalue weighted by Crippen LogP contribution is -2.04. The van der Waals surface area contributed by atoms with E-state index >= 15 is 0 Å². The van der Waals surface area contributed by atoms with Crippen molar-refractivity contribution in [3.8, 4) is 11.8 Å². The van der Waals surface area contributed by atoms with Gasteiger partial charge in [-0.15, -0.1) is 0 Å². The molecule has 0 aliphatic rings. The van der Waals surface area contributed by atoms with Gasteiger partial charge in [0.25, 0.3) is 0 Å². The second kappa shape index (κ2) is 6.50. The number of hydrogen-bond donors (Lipinski definition) is 0. The van der Waals surface area contributed by atoms with Gasteiger partial charge in [0, 0.05) is 24.7 Å². The van der Waals surface area contributed by atoms with Crippen molar-refractivity contribution in [1.82, 2.24) is 0 Å². The van der Waals surface area contributed by atoms with Gasteiger partial charge in [-0.2, -0.15) is 13.2 Å². The van der Waals surface area contributed by atoms with Crippen molar-refractivity contribution in [1.29, 1.82) is 0 Å². The van der Waals surface area contributed by atoms with E-state index < -0.39 is 11.7 Å². The van der Waals surface area contributed by atoms with Gasteiger partial charge in [0.2, 0.25) is 0 Å². The molecular formula is C13H11F3OS. The van der Waals surface area contributed by atoms with Crippen molar-refractivity contribution in [3.63, 3.8) is 0 Å². The molecule has 0 saturated heterocycles. The highest BCUT2D eigenvalue weighted by Gasteiger charge is 2.30. The fourth-order valence-electron chi connectivity index (χ4n) is 1.18. The van der Waals surface area contributed by atoms with Gasteiger partial charge >= 0.3 is 6.18 Å². The number of hydrogen-bond acceptors (Lipinski definition) is 2. The summed E-state index contributed by atoms with van der Waals surface area (Å²) in [7, 11) is 0. The molecule has 1 rings (SSSR count). The van der Waals surface area contributed by atoms with E-state index in [-0.39, 0.29) is 5.12 Å². The van der Waals surface area contributed by atoms with Crippen LogP contribution in [0.1, 0.15) is 24.5 Å². The molecule has 5 heteroatoms. The molecule has 0 radical (unpaired) electrons. The Morgan fingerprint density at radius 1 is 1.39 bits per heavy atom. The predicted molar refractivity (Wildman–Crippen MR) is 66.1 cm³/mol. The van der Waals surface area contributed by atoms with Crippen LogP contribution in [0.25, 0.3) is 0 Å². The number of alkyl halides is 3. The van der Waals surface area contributed by atoms with E-state index in [1.165, 1.54) is 19.1 Å². The Morgan fingerprint density at radius 2 is 2.11 bits per heavy atom. The fraction of sp³-hybridized carbons (Fsp3) is 0.308. The zero-order valence-electron chi connectivity index (χ0n) is 9.67. The number of carbonyl (C=O) groups excluding carboxylic acids is 1. The second-order valence-corrected chi connectivity index (χ2v) is 4.74. The van der Waals surface area contributed by atoms with Gasteiger partial charge in [-0.05, 0) is 18.2 Å². The lowest BCUT2D eigenvalue weighted by Gasteiger charge is -2.05. The molecule has 96 valence electrons. The summed E-state index contributed by atoms with van der Waals surface area (Å²) in [5.41, 5.74) is -0.370. The van der Waals surface area contributed by atoms with Gasteiger partial charge in [0.05, 0.1) is 5.56 Å². The number of benzene rings is 1. The van der Waals surface area contributed by atoms with Crippen molar-refractivity contribution in [2.45, 2.75) is 19.5 Å². The molecule has 0 heterocycles. The first-order valence-corrected chi connectivity index (χ1v) is 6.17. The third kappa shape index (κ3) is 5.28. The molecule has 0 aliphatic carbocycles. The lowest BCUT2D eigenvalue weighted by molar-refractivity contribution is -0.137. The first-order chi connectivity index (χ1) is 8.39. The molecule has 0 fully saturated rings. The summed E-state index contributed by atoms with van der Waals surface area (Å²) in [5.74, 6) is 5.96. The van der Waals surface area contributed by atoms with Crippen molar-refractivity contribution in [2.75, 3.05) is 5.75 Å². The Kier molecular flexibility index (Phi) is 5.29. The Labute approximate surface area is 108 Å². The maximum absolute atomic E-state index is 12.4. The van der Waals surface area contributed by atoms with Gasteiger partial charge in [-0.25, -0.2) is 0 Å². The zero-order chi connectivity index (χ0) is 13.6. The predicted octanol–water partition coefficient (Wildman–Crippen LogP) is 3.73. The van der Waals surface area contributed by atoms with E-state index in [1.54, 1.807) is 0 Å². The molecule has 1 aromatic carbocycles. The molecule has 0 unspecified atom stereocenters. The molecule has 0 bridgehead atoms. The third-order valence-corrected chi connectivity index (χ3v) is 2.77. The molecule has 0 spiro atoms. The first-order valence-electron chi connectivity index (χ1n) is 5.19. The summed E-state index contributed by atoms with van der Waals surface area (Å²) >= 11 is 1.15. The highest BCUT2D eigenvalue weighted by molar-refractivity contribution is 8.13. The SMILES string of the molecule is CC(=O)SCCC#Cc1cccc(C(F)(F)F)c1. The summed E-state index contributed by atoms with van der Waals surface area (Å²) in [4.78, 5) is 10.6. The minimum atomic E-state index is -4.35. The van der Waals surface area contributed by atoms with Crippen LogP contribution in [-0.4, -0.2) is 10.9 Å². The van der Waals surface area contributed by atoms with Gasteiger partial charge < -0.3 is 0 Å². The van der Waals surface area contributed by atoms with Gasteiger partial charge in [0.1, 0.15) is 0 Å². The van der Waals surface area contributed by atoms with Crippen LogP contribution in [-0.2, 0) is 11.0 Å². The second-order valence-electron chi connectivity index (χ2n) is 3.47. The number of thioether (sulfide) groups is 1. The van der Waals surface area contributed by atoms with Crippen LogP contribution in [0.4, 0.5) is 13.2 Å². The minimum absolute atomic E-state index is 0.0101. The lowest BCUT2D eigenvalue weighted by atomic mass is 10.1. The smallest absolute Gasteiger partial charge is 0.288 e. The number of rotatable bonds is 2. The molecular weight excluding hydrogens is 261 g/mol. The van der Waals surface area contributed by atoms with Crippen LogP contribution < -0.4 is 0 Å². The maximum atomic E-state index is 12.4. The van der Waals surface area contributed by atoms with Crippen LogP contribution in [0.15, 0.2) is 24.3 Å². The first kappa shape index (κ1) is 14.7.